The number of halogens is 1. The summed E-state index contributed by atoms with van der Waals surface area (Å²) in [6.07, 6.45) is 0. The molecule has 0 bridgehead atoms. The monoisotopic (exact) mass is 512 g/mol. The Bertz CT molecular complexity index is 1230. The molecule has 0 spiro atoms. The van der Waals surface area contributed by atoms with Crippen molar-refractivity contribution in [2.45, 2.75) is 6.92 Å². The number of hydrogen-bond acceptors (Lipinski definition) is 6. The topological polar surface area (TPSA) is 92.8 Å². The van der Waals surface area contributed by atoms with Crippen LogP contribution in [0.4, 0.5) is 5.00 Å². The van der Waals surface area contributed by atoms with Gasteiger partial charge < -0.3 is 10.1 Å². The third-order valence-electron chi connectivity index (χ3n) is 5.04. The molecule has 0 fully saturated rings. The van der Waals surface area contributed by atoms with Crippen LogP contribution in [-0.2, 0) is 9.53 Å². The van der Waals surface area contributed by atoms with Crippen molar-refractivity contribution < 1.29 is 23.9 Å². The Morgan fingerprint density at radius 2 is 1.62 bits per heavy atom. The zero-order valence-electron chi connectivity index (χ0n) is 17.1. The molecule has 162 valence electrons. The largest absolute Gasteiger partial charge is 0.465 e. The minimum atomic E-state index is -0.594. The first-order chi connectivity index (χ1) is 15.3. The van der Waals surface area contributed by atoms with Crippen LogP contribution < -0.4 is 5.32 Å². The number of methoxy groups -OCH3 is 1. The van der Waals surface area contributed by atoms with Crippen LogP contribution in [-0.4, -0.2) is 42.2 Å². The number of rotatable bonds is 5. The van der Waals surface area contributed by atoms with Crippen LogP contribution in [0.2, 0.25) is 0 Å². The lowest BCUT2D eigenvalue weighted by Gasteiger charge is -2.14. The normalized spacial score (nSPS) is 12.7. The van der Waals surface area contributed by atoms with Gasteiger partial charge in [-0.3, -0.25) is 19.3 Å². The van der Waals surface area contributed by atoms with Crippen molar-refractivity contribution in [3.63, 3.8) is 0 Å². The number of aryl methyl sites for hydroxylation is 1. The van der Waals surface area contributed by atoms with Crippen LogP contribution in [0.3, 0.4) is 0 Å². The quantitative estimate of drug-likeness (QED) is 0.401. The Morgan fingerprint density at radius 1 is 1.03 bits per heavy atom. The SMILES string of the molecule is COC(=O)c1c(NC(=O)CN2C(=O)c3ccccc3C2=O)sc(C)c1-c1ccc(Br)cc1. The van der Waals surface area contributed by atoms with Gasteiger partial charge in [0, 0.05) is 14.9 Å². The van der Waals surface area contributed by atoms with Crippen LogP contribution in [0.15, 0.2) is 53.0 Å². The van der Waals surface area contributed by atoms with Gasteiger partial charge in [0.25, 0.3) is 11.8 Å². The highest BCUT2D eigenvalue weighted by Gasteiger charge is 2.36. The Hall–Kier alpha value is -3.30. The summed E-state index contributed by atoms with van der Waals surface area (Å²) in [5, 5.41) is 2.99. The molecule has 0 radical (unpaired) electrons. The highest BCUT2D eigenvalue weighted by atomic mass is 79.9. The van der Waals surface area contributed by atoms with E-state index >= 15 is 0 Å². The lowest BCUT2D eigenvalue weighted by atomic mass is 10.0. The van der Waals surface area contributed by atoms with Crippen LogP contribution in [0, 0.1) is 6.92 Å². The van der Waals surface area contributed by atoms with E-state index in [1.165, 1.54) is 18.4 Å². The smallest absolute Gasteiger partial charge is 0.341 e. The molecule has 7 nitrogen and oxygen atoms in total. The van der Waals surface area contributed by atoms with Gasteiger partial charge in [0.2, 0.25) is 5.91 Å². The standard InChI is InChI=1S/C23H17BrN2O5S/c1-12-18(13-7-9-14(24)10-8-13)19(23(30)31-2)20(32-12)25-17(27)11-26-21(28)15-5-3-4-6-16(15)22(26)29/h3-10H,11H2,1-2H3,(H,25,27). The van der Waals surface area contributed by atoms with Crippen LogP contribution >= 0.6 is 27.3 Å². The summed E-state index contributed by atoms with van der Waals surface area (Å²) in [5.41, 5.74) is 2.22. The Morgan fingerprint density at radius 3 is 2.19 bits per heavy atom. The number of imide groups is 1. The minimum Gasteiger partial charge on any atom is -0.465 e. The molecule has 3 aromatic rings. The van der Waals surface area contributed by atoms with E-state index in [1.54, 1.807) is 24.3 Å². The van der Waals surface area contributed by atoms with Crippen molar-refractivity contribution >= 4 is 56.0 Å². The first kappa shape index (κ1) is 21.9. The molecule has 4 rings (SSSR count). The Labute approximate surface area is 196 Å². The van der Waals surface area contributed by atoms with Crippen molar-refractivity contribution in [1.29, 1.82) is 0 Å². The zero-order valence-corrected chi connectivity index (χ0v) is 19.5. The number of carbonyl (C=O) groups excluding carboxylic acids is 4. The van der Waals surface area contributed by atoms with Gasteiger partial charge in [0.15, 0.2) is 0 Å². The maximum atomic E-state index is 12.8. The fourth-order valence-electron chi connectivity index (χ4n) is 3.59. The molecule has 0 unspecified atom stereocenters. The van der Waals surface area contributed by atoms with E-state index in [4.69, 9.17) is 4.74 Å². The van der Waals surface area contributed by atoms with Gasteiger partial charge in [-0.2, -0.15) is 0 Å². The van der Waals surface area contributed by atoms with E-state index in [0.717, 1.165) is 19.8 Å². The van der Waals surface area contributed by atoms with E-state index in [0.29, 0.717) is 10.6 Å². The molecule has 1 N–H and O–H groups in total. The van der Waals surface area contributed by atoms with Gasteiger partial charge in [0.1, 0.15) is 17.1 Å². The van der Waals surface area contributed by atoms with Crippen LogP contribution in [0.25, 0.3) is 11.1 Å². The number of fused-ring (bicyclic) bond motifs is 1. The summed E-state index contributed by atoms with van der Waals surface area (Å²) >= 11 is 4.62. The fourth-order valence-corrected chi connectivity index (χ4v) is 4.93. The van der Waals surface area contributed by atoms with Gasteiger partial charge >= 0.3 is 5.97 Å². The molecule has 0 atom stereocenters. The van der Waals surface area contributed by atoms with Gasteiger partial charge in [-0.05, 0) is 36.8 Å². The molecule has 9 heteroatoms. The maximum Gasteiger partial charge on any atom is 0.341 e. The van der Waals surface area contributed by atoms with Crippen molar-refractivity contribution in [2.75, 3.05) is 19.0 Å². The second-order valence-electron chi connectivity index (χ2n) is 7.03. The second kappa shape index (κ2) is 8.68. The van der Waals surface area contributed by atoms with Crippen molar-refractivity contribution in [3.05, 3.63) is 74.6 Å². The van der Waals surface area contributed by atoms with E-state index in [9.17, 15) is 19.2 Å². The molecule has 2 aromatic carbocycles. The second-order valence-corrected chi connectivity index (χ2v) is 9.17. The predicted molar refractivity (Wildman–Crippen MR) is 124 cm³/mol. The van der Waals surface area contributed by atoms with E-state index in [-0.39, 0.29) is 16.7 Å². The number of esters is 1. The number of nitrogens with one attached hydrogen (secondary N) is 1. The summed E-state index contributed by atoms with van der Waals surface area (Å²) in [4.78, 5) is 52.1. The first-order valence-corrected chi connectivity index (χ1v) is 11.2. The number of benzene rings is 2. The number of amides is 3. The van der Waals surface area contributed by atoms with Gasteiger partial charge in [-0.25, -0.2) is 4.79 Å². The van der Waals surface area contributed by atoms with E-state index in [1.807, 2.05) is 31.2 Å². The third-order valence-corrected chi connectivity index (χ3v) is 6.59. The molecule has 3 amide bonds. The van der Waals surface area contributed by atoms with Gasteiger partial charge in [-0.15, -0.1) is 11.3 Å². The number of nitrogens with zero attached hydrogens (tertiary/aromatic N) is 1. The molecule has 0 saturated carbocycles. The molecule has 1 aliphatic heterocycles. The number of thiophene rings is 1. The highest BCUT2D eigenvalue weighted by Crippen LogP contribution is 2.40. The lowest BCUT2D eigenvalue weighted by Crippen LogP contribution is -2.37. The summed E-state index contributed by atoms with van der Waals surface area (Å²) in [6, 6.07) is 13.8. The Kier molecular flexibility index (Phi) is 5.94. The molecular weight excluding hydrogens is 496 g/mol. The molecular formula is C23H17BrN2O5S. The molecule has 32 heavy (non-hydrogen) atoms. The van der Waals surface area contributed by atoms with Gasteiger partial charge in [0.05, 0.1) is 18.2 Å². The summed E-state index contributed by atoms with van der Waals surface area (Å²) in [6.45, 7) is 1.38. The lowest BCUT2D eigenvalue weighted by molar-refractivity contribution is -0.116. The highest BCUT2D eigenvalue weighted by molar-refractivity contribution is 9.10. The molecule has 0 saturated heterocycles. The van der Waals surface area contributed by atoms with Crippen LogP contribution in [0.5, 0.6) is 0 Å². The average Bonchev–Trinajstić information content (AvgIpc) is 3.23. The number of ether oxygens (including phenoxy) is 1. The number of carbonyl (C=O) groups is 4. The molecule has 0 aliphatic carbocycles. The Balaban J connectivity index is 1.62. The third kappa shape index (κ3) is 3.85. The maximum absolute atomic E-state index is 12.8. The van der Waals surface area contributed by atoms with Crippen molar-refractivity contribution in [2.24, 2.45) is 0 Å². The van der Waals surface area contributed by atoms with Crippen LogP contribution in [0.1, 0.15) is 36.0 Å². The number of anilines is 1. The van der Waals surface area contributed by atoms with Gasteiger partial charge in [-0.1, -0.05) is 40.2 Å². The molecule has 2 heterocycles. The number of hydrogen-bond donors (Lipinski definition) is 1. The van der Waals surface area contributed by atoms with Crippen molar-refractivity contribution in [3.8, 4) is 11.1 Å². The molecule has 1 aliphatic rings. The van der Waals surface area contributed by atoms with E-state index < -0.39 is 30.2 Å². The van der Waals surface area contributed by atoms with Crippen molar-refractivity contribution in [1.82, 2.24) is 4.90 Å². The molecule has 1 aromatic heterocycles. The minimum absolute atomic E-state index is 0.230. The summed E-state index contributed by atoms with van der Waals surface area (Å²) in [5.74, 6) is -2.23. The fraction of sp³-hybridized carbons (Fsp3) is 0.130. The summed E-state index contributed by atoms with van der Waals surface area (Å²) in [7, 11) is 1.27. The predicted octanol–water partition coefficient (Wildman–Crippen LogP) is 4.51. The summed E-state index contributed by atoms with van der Waals surface area (Å²) < 4.78 is 5.85. The zero-order chi connectivity index (χ0) is 23.0. The van der Waals surface area contributed by atoms with E-state index in [2.05, 4.69) is 21.2 Å². The first-order valence-electron chi connectivity index (χ1n) is 9.54. The average molecular weight is 513 g/mol.